The van der Waals surface area contributed by atoms with E-state index in [9.17, 15) is 4.79 Å². The average molecular weight is 394 g/mol. The van der Waals surface area contributed by atoms with E-state index in [0.29, 0.717) is 30.3 Å². The lowest BCUT2D eigenvalue weighted by Gasteiger charge is -2.14. The van der Waals surface area contributed by atoms with E-state index in [1.54, 1.807) is 42.4 Å². The van der Waals surface area contributed by atoms with E-state index < -0.39 is 0 Å². The van der Waals surface area contributed by atoms with Gasteiger partial charge in [0.05, 0.1) is 6.61 Å². The molecule has 1 N–H and O–H groups in total. The van der Waals surface area contributed by atoms with Crippen LogP contribution < -0.4 is 14.8 Å². The molecule has 1 aromatic heterocycles. The van der Waals surface area contributed by atoms with Gasteiger partial charge < -0.3 is 14.8 Å². The van der Waals surface area contributed by atoms with Gasteiger partial charge >= 0.3 is 0 Å². The lowest BCUT2D eigenvalue weighted by atomic mass is 10.1. The van der Waals surface area contributed by atoms with E-state index in [0.717, 1.165) is 16.1 Å². The molecule has 0 bridgehead atoms. The van der Waals surface area contributed by atoms with Crippen LogP contribution in [0.3, 0.4) is 0 Å². The summed E-state index contributed by atoms with van der Waals surface area (Å²) in [4.78, 5) is 17.7. The number of rotatable bonds is 8. The molecular formula is C22H22N2O3S. The summed E-state index contributed by atoms with van der Waals surface area (Å²) in [5, 5.41) is 2.92. The van der Waals surface area contributed by atoms with Crippen LogP contribution in [0, 0.1) is 0 Å². The van der Waals surface area contributed by atoms with Gasteiger partial charge in [0, 0.05) is 28.5 Å². The Morgan fingerprint density at radius 1 is 1.04 bits per heavy atom. The number of thioether (sulfide) groups is 1. The van der Waals surface area contributed by atoms with Crippen LogP contribution in [0.25, 0.3) is 0 Å². The van der Waals surface area contributed by atoms with Crippen LogP contribution in [0.4, 0.5) is 5.69 Å². The summed E-state index contributed by atoms with van der Waals surface area (Å²) >= 11 is 1.63. The van der Waals surface area contributed by atoms with Crippen molar-refractivity contribution in [2.24, 2.45) is 0 Å². The SMILES string of the molecule is CCOc1cc(C(=O)Nc2cccc(SC)c2)ccc1OCc1ccncc1. The second kappa shape index (κ2) is 9.80. The fourth-order valence-corrected chi connectivity index (χ4v) is 3.04. The zero-order valence-electron chi connectivity index (χ0n) is 15.8. The van der Waals surface area contributed by atoms with Crippen molar-refractivity contribution < 1.29 is 14.3 Å². The highest BCUT2D eigenvalue weighted by atomic mass is 32.2. The largest absolute Gasteiger partial charge is 0.490 e. The lowest BCUT2D eigenvalue weighted by Crippen LogP contribution is -2.12. The molecule has 0 radical (unpaired) electrons. The lowest BCUT2D eigenvalue weighted by molar-refractivity contribution is 0.102. The van der Waals surface area contributed by atoms with Crippen molar-refractivity contribution in [1.29, 1.82) is 0 Å². The molecule has 1 amide bonds. The number of aromatic nitrogens is 1. The van der Waals surface area contributed by atoms with Gasteiger partial charge in [-0.2, -0.15) is 0 Å². The number of pyridine rings is 1. The maximum absolute atomic E-state index is 12.6. The molecule has 0 aliphatic rings. The van der Waals surface area contributed by atoms with Crippen molar-refractivity contribution >= 4 is 23.4 Å². The van der Waals surface area contributed by atoms with Crippen LogP contribution >= 0.6 is 11.8 Å². The first-order valence-electron chi connectivity index (χ1n) is 8.93. The summed E-state index contributed by atoms with van der Waals surface area (Å²) in [6.07, 6.45) is 5.45. The predicted octanol–water partition coefficient (Wildman–Crippen LogP) is 5.03. The van der Waals surface area contributed by atoms with Crippen molar-refractivity contribution in [2.75, 3.05) is 18.2 Å². The zero-order chi connectivity index (χ0) is 19.8. The molecule has 0 unspecified atom stereocenters. The van der Waals surface area contributed by atoms with E-state index >= 15 is 0 Å². The molecule has 28 heavy (non-hydrogen) atoms. The highest BCUT2D eigenvalue weighted by Gasteiger charge is 2.12. The number of carbonyl (C=O) groups excluding carboxylic acids is 1. The number of nitrogens with zero attached hydrogens (tertiary/aromatic N) is 1. The maximum atomic E-state index is 12.6. The first-order chi connectivity index (χ1) is 13.7. The molecule has 2 aromatic carbocycles. The molecule has 0 spiro atoms. The number of nitrogens with one attached hydrogen (secondary N) is 1. The molecule has 3 rings (SSSR count). The van der Waals surface area contributed by atoms with Gasteiger partial charge in [-0.1, -0.05) is 6.07 Å². The monoisotopic (exact) mass is 394 g/mol. The van der Waals surface area contributed by atoms with Gasteiger partial charge in [0.15, 0.2) is 11.5 Å². The van der Waals surface area contributed by atoms with Crippen LogP contribution in [0.1, 0.15) is 22.8 Å². The molecule has 5 nitrogen and oxygen atoms in total. The minimum Gasteiger partial charge on any atom is -0.490 e. The molecule has 0 saturated carbocycles. The van der Waals surface area contributed by atoms with Crippen LogP contribution in [-0.4, -0.2) is 23.8 Å². The Labute approximate surface area is 169 Å². The quantitative estimate of drug-likeness (QED) is 0.543. The fraction of sp³-hybridized carbons (Fsp3) is 0.182. The van der Waals surface area contributed by atoms with E-state index in [2.05, 4.69) is 10.3 Å². The third kappa shape index (κ3) is 5.27. The molecule has 3 aromatic rings. The maximum Gasteiger partial charge on any atom is 0.255 e. The van der Waals surface area contributed by atoms with Gasteiger partial charge in [-0.05, 0) is 67.3 Å². The number of carbonyl (C=O) groups is 1. The van der Waals surface area contributed by atoms with E-state index in [-0.39, 0.29) is 5.91 Å². The Bertz CT molecular complexity index is 932. The first-order valence-corrected chi connectivity index (χ1v) is 10.2. The fourth-order valence-electron chi connectivity index (χ4n) is 2.58. The molecule has 0 atom stereocenters. The van der Waals surface area contributed by atoms with Gasteiger partial charge in [0.1, 0.15) is 6.61 Å². The third-order valence-corrected chi connectivity index (χ3v) is 4.70. The third-order valence-electron chi connectivity index (χ3n) is 3.98. The molecule has 1 heterocycles. The molecule has 0 fully saturated rings. The summed E-state index contributed by atoms with van der Waals surface area (Å²) in [6.45, 7) is 2.77. The van der Waals surface area contributed by atoms with Crippen LogP contribution in [0.2, 0.25) is 0 Å². The van der Waals surface area contributed by atoms with E-state index in [4.69, 9.17) is 9.47 Å². The highest BCUT2D eigenvalue weighted by molar-refractivity contribution is 7.98. The van der Waals surface area contributed by atoms with Crippen molar-refractivity contribution in [3.63, 3.8) is 0 Å². The number of hydrogen-bond acceptors (Lipinski definition) is 5. The standard InChI is InChI=1S/C22H22N2O3S/c1-3-26-21-13-17(22(25)24-18-5-4-6-19(14-18)28-2)7-8-20(21)27-15-16-9-11-23-12-10-16/h4-14H,3,15H2,1-2H3,(H,24,25). The molecule has 0 aliphatic heterocycles. The number of ether oxygens (including phenoxy) is 2. The number of amides is 1. The van der Waals surface area contributed by atoms with Gasteiger partial charge in [0.2, 0.25) is 0 Å². The number of hydrogen-bond donors (Lipinski definition) is 1. The Morgan fingerprint density at radius 2 is 1.86 bits per heavy atom. The summed E-state index contributed by atoms with van der Waals surface area (Å²) in [5.41, 5.74) is 2.27. The minimum atomic E-state index is -0.195. The molecule has 0 saturated heterocycles. The van der Waals surface area contributed by atoms with Crippen LogP contribution in [0.5, 0.6) is 11.5 Å². The summed E-state index contributed by atoms with van der Waals surface area (Å²) < 4.78 is 11.6. The number of anilines is 1. The Hall–Kier alpha value is -2.99. The molecule has 0 aliphatic carbocycles. The zero-order valence-corrected chi connectivity index (χ0v) is 16.7. The topological polar surface area (TPSA) is 60.5 Å². The van der Waals surface area contributed by atoms with E-state index in [1.807, 2.05) is 49.6 Å². The average Bonchev–Trinajstić information content (AvgIpc) is 2.74. The van der Waals surface area contributed by atoms with Gasteiger partial charge in [-0.25, -0.2) is 0 Å². The van der Waals surface area contributed by atoms with Crippen LogP contribution in [-0.2, 0) is 6.61 Å². The van der Waals surface area contributed by atoms with Crippen molar-refractivity contribution in [3.8, 4) is 11.5 Å². The smallest absolute Gasteiger partial charge is 0.255 e. The van der Waals surface area contributed by atoms with Crippen molar-refractivity contribution in [1.82, 2.24) is 4.98 Å². The first kappa shape index (κ1) is 19.8. The summed E-state index contributed by atoms with van der Waals surface area (Å²) in [6, 6.07) is 16.7. The summed E-state index contributed by atoms with van der Waals surface area (Å²) in [7, 11) is 0. The van der Waals surface area contributed by atoms with Crippen molar-refractivity contribution in [2.45, 2.75) is 18.4 Å². The predicted molar refractivity (Wildman–Crippen MR) is 112 cm³/mol. The summed E-state index contributed by atoms with van der Waals surface area (Å²) in [5.74, 6) is 0.946. The molecule has 6 heteroatoms. The second-order valence-corrected chi connectivity index (χ2v) is 6.80. The Balaban J connectivity index is 1.74. The van der Waals surface area contributed by atoms with Gasteiger partial charge in [-0.15, -0.1) is 11.8 Å². The van der Waals surface area contributed by atoms with Gasteiger partial charge in [0.25, 0.3) is 5.91 Å². The van der Waals surface area contributed by atoms with Crippen LogP contribution in [0.15, 0.2) is 71.9 Å². The molecular weight excluding hydrogens is 372 g/mol. The van der Waals surface area contributed by atoms with Gasteiger partial charge in [-0.3, -0.25) is 9.78 Å². The minimum absolute atomic E-state index is 0.195. The molecule has 144 valence electrons. The van der Waals surface area contributed by atoms with E-state index in [1.165, 1.54) is 0 Å². The highest BCUT2D eigenvalue weighted by Crippen LogP contribution is 2.30. The second-order valence-electron chi connectivity index (χ2n) is 5.92. The Morgan fingerprint density at radius 3 is 2.61 bits per heavy atom. The van der Waals surface area contributed by atoms with Crippen molar-refractivity contribution in [3.05, 3.63) is 78.1 Å². The number of benzene rings is 2. The Kier molecular flexibility index (Phi) is 6.92. The normalized spacial score (nSPS) is 10.4.